The molecule has 0 aliphatic carbocycles. The van der Waals surface area contributed by atoms with E-state index in [4.69, 9.17) is 0 Å². The molecule has 2 aromatic rings. The van der Waals surface area contributed by atoms with Crippen molar-refractivity contribution in [3.05, 3.63) is 34.9 Å². The van der Waals surface area contributed by atoms with E-state index in [1.807, 2.05) is 32.6 Å². The van der Waals surface area contributed by atoms with Crippen LogP contribution in [0.3, 0.4) is 0 Å². The lowest BCUT2D eigenvalue weighted by Crippen LogP contribution is -2.23. The number of hydrogen-bond acceptors (Lipinski definition) is 3. The van der Waals surface area contributed by atoms with Crippen LogP contribution in [0.5, 0.6) is 0 Å². The van der Waals surface area contributed by atoms with Gasteiger partial charge >= 0.3 is 0 Å². The average Bonchev–Trinajstić information content (AvgIpc) is 2.88. The molecule has 2 aromatic heterocycles. The summed E-state index contributed by atoms with van der Waals surface area (Å²) in [5.41, 5.74) is 4.60. The molecule has 2 rings (SSSR count). The van der Waals surface area contributed by atoms with E-state index in [9.17, 15) is 0 Å². The summed E-state index contributed by atoms with van der Waals surface area (Å²) >= 11 is 0. The number of aromatic nitrogens is 4. The van der Waals surface area contributed by atoms with Crippen LogP contribution in [0.2, 0.25) is 0 Å². The fourth-order valence-electron chi connectivity index (χ4n) is 2.56. The lowest BCUT2D eigenvalue weighted by Gasteiger charge is -2.17. The highest BCUT2D eigenvalue weighted by Crippen LogP contribution is 2.19. The molecule has 19 heavy (non-hydrogen) atoms. The molecule has 0 aliphatic rings. The third-order valence-electron chi connectivity index (χ3n) is 3.44. The van der Waals surface area contributed by atoms with Gasteiger partial charge in [0.1, 0.15) is 0 Å². The standard InChI is InChI=1S/C14H23N5/c1-6-19-12(7-10(2)17-19)9-13(15-4)14-8-11(3)16-18(14)5/h7-8,13,15H,6,9H2,1-5H3. The summed E-state index contributed by atoms with van der Waals surface area (Å²) < 4.78 is 4.03. The topological polar surface area (TPSA) is 47.7 Å². The zero-order valence-corrected chi connectivity index (χ0v) is 12.4. The van der Waals surface area contributed by atoms with Crippen molar-refractivity contribution in [3.63, 3.8) is 0 Å². The number of likely N-dealkylation sites (N-methyl/N-ethyl adjacent to an activating group) is 1. The SMILES string of the molecule is CCn1nc(C)cc1CC(NC)c1cc(C)nn1C. The van der Waals surface area contributed by atoms with E-state index in [-0.39, 0.29) is 6.04 Å². The second kappa shape index (κ2) is 5.57. The predicted octanol–water partition coefficient (Wildman–Crippen LogP) is 1.76. The average molecular weight is 261 g/mol. The van der Waals surface area contributed by atoms with E-state index < -0.39 is 0 Å². The maximum absolute atomic E-state index is 4.50. The van der Waals surface area contributed by atoms with Crippen LogP contribution in [-0.2, 0) is 20.0 Å². The minimum atomic E-state index is 0.257. The van der Waals surface area contributed by atoms with Crippen molar-refractivity contribution in [1.29, 1.82) is 0 Å². The minimum Gasteiger partial charge on any atom is -0.311 e. The molecular formula is C14H23N5. The molecular weight excluding hydrogens is 238 g/mol. The quantitative estimate of drug-likeness (QED) is 0.892. The Bertz CT molecular complexity index is 552. The van der Waals surface area contributed by atoms with E-state index in [2.05, 4.69) is 39.3 Å². The summed E-state index contributed by atoms with van der Waals surface area (Å²) in [4.78, 5) is 0. The van der Waals surface area contributed by atoms with E-state index in [0.29, 0.717) is 0 Å². The Morgan fingerprint density at radius 3 is 2.42 bits per heavy atom. The summed E-state index contributed by atoms with van der Waals surface area (Å²) in [6, 6.07) is 4.56. The van der Waals surface area contributed by atoms with Gasteiger partial charge in [0.15, 0.2) is 0 Å². The molecule has 0 fully saturated rings. The van der Waals surface area contributed by atoms with Crippen molar-refractivity contribution in [2.24, 2.45) is 7.05 Å². The Labute approximate surface area is 114 Å². The van der Waals surface area contributed by atoms with Gasteiger partial charge in [0.2, 0.25) is 0 Å². The zero-order valence-electron chi connectivity index (χ0n) is 12.4. The fourth-order valence-corrected chi connectivity index (χ4v) is 2.56. The number of nitrogens with zero attached hydrogens (tertiary/aromatic N) is 4. The van der Waals surface area contributed by atoms with Crippen molar-refractivity contribution >= 4 is 0 Å². The summed E-state index contributed by atoms with van der Waals surface area (Å²) in [6.45, 7) is 7.09. The summed E-state index contributed by atoms with van der Waals surface area (Å²) in [5, 5.41) is 12.3. The molecule has 0 saturated carbocycles. The summed E-state index contributed by atoms with van der Waals surface area (Å²) in [5.74, 6) is 0. The predicted molar refractivity (Wildman–Crippen MR) is 76.1 cm³/mol. The largest absolute Gasteiger partial charge is 0.311 e. The molecule has 0 bridgehead atoms. The Balaban J connectivity index is 2.26. The Hall–Kier alpha value is -1.62. The second-order valence-electron chi connectivity index (χ2n) is 4.97. The highest BCUT2D eigenvalue weighted by molar-refractivity contribution is 5.18. The first kappa shape index (κ1) is 13.8. The van der Waals surface area contributed by atoms with Gasteiger partial charge in [-0.25, -0.2) is 0 Å². The first-order valence-electron chi connectivity index (χ1n) is 6.76. The molecule has 0 radical (unpaired) electrons. The fraction of sp³-hybridized carbons (Fsp3) is 0.571. The van der Waals surface area contributed by atoms with Crippen LogP contribution in [0, 0.1) is 13.8 Å². The van der Waals surface area contributed by atoms with Crippen molar-refractivity contribution < 1.29 is 0 Å². The van der Waals surface area contributed by atoms with E-state index in [1.165, 1.54) is 11.4 Å². The number of aryl methyl sites for hydroxylation is 4. The highest BCUT2D eigenvalue weighted by atomic mass is 15.3. The van der Waals surface area contributed by atoms with E-state index >= 15 is 0 Å². The Morgan fingerprint density at radius 2 is 1.89 bits per heavy atom. The van der Waals surface area contributed by atoms with Gasteiger partial charge < -0.3 is 5.32 Å². The Morgan fingerprint density at radius 1 is 1.21 bits per heavy atom. The highest BCUT2D eigenvalue weighted by Gasteiger charge is 2.17. The maximum atomic E-state index is 4.50. The second-order valence-corrected chi connectivity index (χ2v) is 4.97. The smallest absolute Gasteiger partial charge is 0.0597 e. The zero-order chi connectivity index (χ0) is 14.0. The van der Waals surface area contributed by atoms with Gasteiger partial charge in [0, 0.05) is 25.7 Å². The van der Waals surface area contributed by atoms with Gasteiger partial charge in [-0.1, -0.05) is 0 Å². The molecule has 0 aliphatic heterocycles. The molecule has 1 N–H and O–H groups in total. The lowest BCUT2D eigenvalue weighted by molar-refractivity contribution is 0.508. The molecule has 0 saturated heterocycles. The van der Waals surface area contributed by atoms with Gasteiger partial charge in [0.25, 0.3) is 0 Å². The number of hydrogen-bond donors (Lipinski definition) is 1. The normalized spacial score (nSPS) is 12.9. The van der Waals surface area contributed by atoms with Crippen molar-refractivity contribution in [3.8, 4) is 0 Å². The third-order valence-corrected chi connectivity index (χ3v) is 3.44. The van der Waals surface area contributed by atoms with Crippen molar-refractivity contribution in [2.75, 3.05) is 7.05 Å². The van der Waals surface area contributed by atoms with E-state index in [1.54, 1.807) is 0 Å². The first-order valence-corrected chi connectivity index (χ1v) is 6.76. The summed E-state index contributed by atoms with van der Waals surface area (Å²) in [6.07, 6.45) is 0.921. The van der Waals surface area contributed by atoms with Crippen LogP contribution < -0.4 is 5.32 Å². The third kappa shape index (κ3) is 2.87. The number of rotatable bonds is 5. The molecule has 5 nitrogen and oxygen atoms in total. The molecule has 0 aromatic carbocycles. The summed E-state index contributed by atoms with van der Waals surface area (Å²) in [7, 11) is 3.99. The molecule has 0 amide bonds. The lowest BCUT2D eigenvalue weighted by atomic mass is 10.1. The van der Waals surface area contributed by atoms with Crippen molar-refractivity contribution in [2.45, 2.75) is 39.8 Å². The van der Waals surface area contributed by atoms with Crippen LogP contribution in [0.1, 0.15) is 35.7 Å². The molecule has 0 spiro atoms. The molecule has 1 atom stereocenters. The van der Waals surface area contributed by atoms with Gasteiger partial charge in [-0.3, -0.25) is 9.36 Å². The number of nitrogens with one attached hydrogen (secondary N) is 1. The van der Waals surface area contributed by atoms with E-state index in [0.717, 1.165) is 24.4 Å². The van der Waals surface area contributed by atoms with Crippen molar-refractivity contribution in [1.82, 2.24) is 24.9 Å². The van der Waals surface area contributed by atoms with Crippen LogP contribution >= 0.6 is 0 Å². The Kier molecular flexibility index (Phi) is 4.04. The first-order chi connectivity index (χ1) is 9.05. The maximum Gasteiger partial charge on any atom is 0.0597 e. The van der Waals surface area contributed by atoms with Crippen LogP contribution in [0.15, 0.2) is 12.1 Å². The van der Waals surface area contributed by atoms with Gasteiger partial charge in [-0.05, 0) is 40.0 Å². The molecule has 104 valence electrons. The molecule has 2 heterocycles. The van der Waals surface area contributed by atoms with Crippen LogP contribution in [0.4, 0.5) is 0 Å². The van der Waals surface area contributed by atoms with Crippen LogP contribution in [0.25, 0.3) is 0 Å². The van der Waals surface area contributed by atoms with Gasteiger partial charge in [0.05, 0.1) is 23.1 Å². The minimum absolute atomic E-state index is 0.257. The monoisotopic (exact) mass is 261 g/mol. The van der Waals surface area contributed by atoms with Gasteiger partial charge in [-0.15, -0.1) is 0 Å². The molecule has 5 heteroatoms. The molecule has 1 unspecified atom stereocenters. The van der Waals surface area contributed by atoms with Gasteiger partial charge in [-0.2, -0.15) is 10.2 Å². The van der Waals surface area contributed by atoms with Crippen LogP contribution in [-0.4, -0.2) is 26.6 Å².